The highest BCUT2D eigenvalue weighted by Crippen LogP contribution is 2.30. The zero-order valence-corrected chi connectivity index (χ0v) is 20.4. The first kappa shape index (κ1) is 26.7. The first-order valence-electron chi connectivity index (χ1n) is 11.8. The van der Waals surface area contributed by atoms with Crippen LogP contribution in [0, 0.1) is 11.2 Å². The van der Waals surface area contributed by atoms with E-state index in [1.54, 1.807) is 18.9 Å². The molecule has 5 N–H and O–H groups in total. The number of piperidine rings is 1. The Balaban J connectivity index is 1.83. The number of hydrogen-bond donors (Lipinski definition) is 3. The first-order chi connectivity index (χ1) is 17.3. The highest BCUT2D eigenvalue weighted by molar-refractivity contribution is 6.09. The summed E-state index contributed by atoms with van der Waals surface area (Å²) in [6.07, 6.45) is 5.38. The van der Waals surface area contributed by atoms with Crippen LogP contribution in [-0.4, -0.2) is 60.5 Å². The molecule has 3 rings (SSSR count). The maximum Gasteiger partial charge on any atom is 0.257 e. The number of nitrogens with zero attached hydrogens (tertiary/aromatic N) is 1. The van der Waals surface area contributed by atoms with Crippen molar-refractivity contribution < 1.29 is 28.6 Å². The van der Waals surface area contributed by atoms with Gasteiger partial charge >= 0.3 is 0 Å². The number of likely N-dealkylation sites (tertiary alicyclic amines) is 1. The highest BCUT2D eigenvalue weighted by Gasteiger charge is 2.20. The van der Waals surface area contributed by atoms with Gasteiger partial charge in [-0.15, -0.1) is 0 Å². The van der Waals surface area contributed by atoms with Gasteiger partial charge in [0.25, 0.3) is 11.8 Å². The molecule has 1 aliphatic rings. The van der Waals surface area contributed by atoms with Crippen LogP contribution in [0.25, 0.3) is 0 Å². The summed E-state index contributed by atoms with van der Waals surface area (Å²) in [5, 5.41) is 20.5. The van der Waals surface area contributed by atoms with Gasteiger partial charge in [-0.05, 0) is 68.8 Å². The van der Waals surface area contributed by atoms with Crippen LogP contribution >= 0.6 is 0 Å². The minimum Gasteiger partial charge on any atom is -0.483 e. The Morgan fingerprint density at radius 3 is 2.53 bits per heavy atom. The number of carbonyl (C=O) groups is 2. The van der Waals surface area contributed by atoms with E-state index in [9.17, 15) is 14.0 Å². The number of benzene rings is 2. The maximum atomic E-state index is 14.9. The molecule has 0 aromatic heterocycles. The summed E-state index contributed by atoms with van der Waals surface area (Å²) in [5.74, 6) is -1.39. The third-order valence-corrected chi connectivity index (χ3v) is 5.48. The summed E-state index contributed by atoms with van der Waals surface area (Å²) in [5.41, 5.74) is 0.371. The number of carbonyl (C=O) groups excluding carboxylic acids is 2. The third kappa shape index (κ3) is 7.29. The monoisotopic (exact) mass is 499 g/mol. The quantitative estimate of drug-likeness (QED) is 0.278. The summed E-state index contributed by atoms with van der Waals surface area (Å²) >= 11 is 0. The van der Waals surface area contributed by atoms with Gasteiger partial charge in [-0.1, -0.05) is 0 Å². The second-order valence-electron chi connectivity index (χ2n) is 8.42. The zero-order chi connectivity index (χ0) is 26.1. The number of hydrogen-bond acceptors (Lipinski definition) is 6. The van der Waals surface area contributed by atoms with Gasteiger partial charge < -0.3 is 30.1 Å². The van der Waals surface area contributed by atoms with Crippen LogP contribution in [0.3, 0.4) is 0 Å². The molecule has 10 heteroatoms. The molecule has 0 saturated carbocycles. The number of rotatable bonds is 9. The predicted octanol–water partition coefficient (Wildman–Crippen LogP) is 3.18. The van der Waals surface area contributed by atoms with Gasteiger partial charge in [-0.2, -0.15) is 0 Å². The predicted molar refractivity (Wildman–Crippen MR) is 135 cm³/mol. The van der Waals surface area contributed by atoms with E-state index in [0.29, 0.717) is 13.1 Å². The van der Waals surface area contributed by atoms with Crippen molar-refractivity contribution in [3.8, 4) is 17.2 Å². The van der Waals surface area contributed by atoms with Crippen molar-refractivity contribution in [3.63, 3.8) is 0 Å². The highest BCUT2D eigenvalue weighted by atomic mass is 19.1. The summed E-state index contributed by atoms with van der Waals surface area (Å²) in [6, 6.07) is 8.39. The Morgan fingerprint density at radius 2 is 1.86 bits per heavy atom. The lowest BCUT2D eigenvalue weighted by Gasteiger charge is -2.26. The molecule has 2 aromatic rings. The van der Waals surface area contributed by atoms with Crippen LogP contribution in [0.15, 0.2) is 48.7 Å². The molecule has 1 aliphatic heterocycles. The number of amides is 2. The van der Waals surface area contributed by atoms with Crippen molar-refractivity contribution in [3.05, 3.63) is 65.6 Å². The minimum absolute atomic E-state index is 0.00674. The van der Waals surface area contributed by atoms with Crippen molar-refractivity contribution in [2.45, 2.75) is 32.3 Å². The average Bonchev–Trinajstić information content (AvgIpc) is 2.88. The van der Waals surface area contributed by atoms with Crippen molar-refractivity contribution in [1.29, 1.82) is 5.41 Å². The van der Waals surface area contributed by atoms with Gasteiger partial charge in [0.05, 0.1) is 0 Å². The largest absolute Gasteiger partial charge is 0.483 e. The first-order valence-corrected chi connectivity index (χ1v) is 11.8. The number of ether oxygens (including phenoxy) is 2. The van der Waals surface area contributed by atoms with Crippen molar-refractivity contribution in [2.24, 2.45) is 0 Å². The van der Waals surface area contributed by atoms with Gasteiger partial charge in [-0.25, -0.2) is 4.39 Å². The fraction of sp³-hybridized carbons (Fsp3) is 0.346. The van der Waals surface area contributed by atoms with Crippen LogP contribution in [0.5, 0.6) is 17.2 Å². The van der Waals surface area contributed by atoms with Crippen LogP contribution < -0.4 is 20.1 Å². The van der Waals surface area contributed by atoms with E-state index >= 15 is 0 Å². The molecular weight excluding hydrogens is 467 g/mol. The summed E-state index contributed by atoms with van der Waals surface area (Å²) < 4.78 is 26.3. The van der Waals surface area contributed by atoms with Gasteiger partial charge in [0.15, 0.2) is 24.3 Å². The van der Waals surface area contributed by atoms with Gasteiger partial charge in [-0.3, -0.25) is 15.0 Å². The van der Waals surface area contributed by atoms with Gasteiger partial charge in [0, 0.05) is 37.3 Å². The van der Waals surface area contributed by atoms with Crippen molar-refractivity contribution in [2.75, 3.05) is 26.7 Å². The van der Waals surface area contributed by atoms with Crippen LogP contribution in [0.4, 0.5) is 4.39 Å². The molecule has 0 spiro atoms. The van der Waals surface area contributed by atoms with Crippen LogP contribution in [0.1, 0.15) is 46.9 Å². The molecule has 0 aliphatic carbocycles. The van der Waals surface area contributed by atoms with E-state index in [1.807, 2.05) is 0 Å². The number of halogens is 1. The maximum absolute atomic E-state index is 14.9. The molecule has 0 unspecified atom stereocenters. The summed E-state index contributed by atoms with van der Waals surface area (Å²) in [6.45, 7) is 3.02. The topological polar surface area (TPSA) is 127 Å². The zero-order valence-electron chi connectivity index (χ0n) is 20.4. The number of nitrogens with one attached hydrogen (secondary N) is 3. The van der Waals surface area contributed by atoms with E-state index in [1.165, 1.54) is 42.6 Å². The standard InChI is InChI=1S/C26H31FN4O5/c1-17(16-32)35-20-12-19(25(33)30-24(28)8-9-29-2)13-21(15-20)36-23-7-6-18(14-22(23)27)26(34)31-10-4-3-5-11-31/h6-9,12-15,17,29,32H,3-5,10-11,16H2,1-2H3,(H2,28,30,33)/p+1/b9-8-/t17-/m0/s1. The summed E-state index contributed by atoms with van der Waals surface area (Å²) in [7, 11) is 1.67. The van der Waals surface area contributed by atoms with Crippen molar-refractivity contribution in [1.82, 2.24) is 15.5 Å². The minimum atomic E-state index is -0.714. The number of amidine groups is 1. The fourth-order valence-electron chi connectivity index (χ4n) is 3.63. The Morgan fingerprint density at radius 1 is 1.14 bits per heavy atom. The Labute approximate surface area is 209 Å². The molecule has 36 heavy (non-hydrogen) atoms. The molecule has 2 aromatic carbocycles. The normalized spacial score (nSPS) is 14.3. The van der Waals surface area contributed by atoms with E-state index in [-0.39, 0.29) is 46.7 Å². The molecule has 1 atom stereocenters. The molecule has 1 saturated heterocycles. The third-order valence-electron chi connectivity index (χ3n) is 5.48. The molecule has 1 fully saturated rings. The second kappa shape index (κ2) is 12.7. The van der Waals surface area contributed by atoms with Crippen molar-refractivity contribution >= 4 is 17.6 Å². The molecule has 0 radical (unpaired) electrons. The molecule has 9 nitrogen and oxygen atoms in total. The smallest absolute Gasteiger partial charge is 0.257 e. The van der Waals surface area contributed by atoms with E-state index in [2.05, 4.69) is 10.6 Å². The molecular formula is C26H32FN4O5+. The molecule has 1 heterocycles. The Hall–Kier alpha value is -3.92. The second-order valence-corrected chi connectivity index (χ2v) is 8.42. The molecule has 0 bridgehead atoms. The Kier molecular flexibility index (Phi) is 9.40. The lowest BCUT2D eigenvalue weighted by molar-refractivity contribution is 0.0723. The SMILES string of the molecule is CN/C=C\C(=N)NC(=O)c1cc(Oc2ccc(C(=O)N3CCCCC3)cc2F)cc(O[C@@H](C)C[OH2+])c1. The van der Waals surface area contributed by atoms with Crippen LogP contribution in [-0.2, 0) is 0 Å². The van der Waals surface area contributed by atoms with Gasteiger partial charge in [0.2, 0.25) is 0 Å². The van der Waals surface area contributed by atoms with Gasteiger partial charge in [0.1, 0.15) is 17.3 Å². The van der Waals surface area contributed by atoms with Crippen LogP contribution in [0.2, 0.25) is 0 Å². The fourth-order valence-corrected chi connectivity index (χ4v) is 3.63. The summed E-state index contributed by atoms with van der Waals surface area (Å²) in [4.78, 5) is 27.1. The average molecular weight is 500 g/mol. The van der Waals surface area contributed by atoms with E-state index < -0.39 is 17.8 Å². The lowest BCUT2D eigenvalue weighted by atomic mass is 10.1. The Bertz CT molecular complexity index is 1130. The lowest BCUT2D eigenvalue weighted by Crippen LogP contribution is -2.35. The molecule has 192 valence electrons. The van der Waals surface area contributed by atoms with E-state index in [0.717, 1.165) is 25.3 Å². The molecule has 2 amide bonds. The van der Waals surface area contributed by atoms with E-state index in [4.69, 9.17) is 20.0 Å².